The van der Waals surface area contributed by atoms with Crippen LogP contribution in [0.25, 0.3) is 0 Å². The second-order valence-corrected chi connectivity index (χ2v) is 4.26. The van der Waals surface area contributed by atoms with Crippen LogP contribution in [-0.2, 0) is 20.9 Å². The number of hydrogen-bond acceptors (Lipinski definition) is 7. The van der Waals surface area contributed by atoms with Gasteiger partial charge in [-0.15, -0.1) is 0 Å². The molecule has 1 unspecified atom stereocenters. The maximum absolute atomic E-state index is 12.0. The van der Waals surface area contributed by atoms with E-state index in [9.17, 15) is 9.59 Å². The highest BCUT2D eigenvalue weighted by molar-refractivity contribution is 5.76. The summed E-state index contributed by atoms with van der Waals surface area (Å²) >= 11 is 0. The smallest absolute Gasteiger partial charge is 0.456 e. The minimum absolute atomic E-state index is 0.107. The van der Waals surface area contributed by atoms with Gasteiger partial charge in [0.2, 0.25) is 0 Å². The Morgan fingerprint density at radius 3 is 2.89 bits per heavy atom. The van der Waals surface area contributed by atoms with Crippen molar-refractivity contribution >= 4 is 5.97 Å². The number of carbonyl (C=O) groups excluding carboxylic acids is 1. The first-order chi connectivity index (χ1) is 9.11. The van der Waals surface area contributed by atoms with Crippen LogP contribution in [0.1, 0.15) is 18.4 Å². The van der Waals surface area contributed by atoms with Gasteiger partial charge in [0, 0.05) is 6.54 Å². The van der Waals surface area contributed by atoms with Gasteiger partial charge in [0.1, 0.15) is 6.04 Å². The van der Waals surface area contributed by atoms with Crippen LogP contribution in [0.3, 0.4) is 0 Å². The molecule has 1 atom stereocenters. The number of carbonyl (C=O) groups is 1. The van der Waals surface area contributed by atoms with E-state index < -0.39 is 11.9 Å². The van der Waals surface area contributed by atoms with Crippen LogP contribution in [0.4, 0.5) is 0 Å². The summed E-state index contributed by atoms with van der Waals surface area (Å²) < 4.78 is 19.9. The molecule has 2 heterocycles. The Morgan fingerprint density at radius 1 is 1.47 bits per heavy atom. The summed E-state index contributed by atoms with van der Waals surface area (Å²) in [7, 11) is 0. The van der Waals surface area contributed by atoms with Crippen molar-refractivity contribution in [2.45, 2.75) is 26.5 Å². The topological polar surface area (TPSA) is 82.1 Å². The number of hydrogen-bond donors (Lipinski definition) is 0. The van der Waals surface area contributed by atoms with Crippen LogP contribution < -0.4 is 5.82 Å². The van der Waals surface area contributed by atoms with Crippen molar-refractivity contribution in [1.29, 1.82) is 0 Å². The molecule has 7 heteroatoms. The van der Waals surface area contributed by atoms with Crippen molar-refractivity contribution in [3.05, 3.63) is 22.1 Å². The van der Waals surface area contributed by atoms with Gasteiger partial charge in [-0.05, 0) is 13.5 Å². The number of morpholine rings is 1. The number of likely N-dealkylation sites (N-methyl/N-ethyl adjacent to an activating group) is 1. The van der Waals surface area contributed by atoms with Crippen molar-refractivity contribution in [3.63, 3.8) is 0 Å². The van der Waals surface area contributed by atoms with Crippen LogP contribution in [0, 0.1) is 6.92 Å². The Morgan fingerprint density at radius 2 is 2.26 bits per heavy atom. The van der Waals surface area contributed by atoms with Gasteiger partial charge in [-0.3, -0.25) is 9.69 Å². The van der Waals surface area contributed by atoms with Gasteiger partial charge in [0.25, 0.3) is 0 Å². The van der Waals surface area contributed by atoms with Crippen LogP contribution in [0.2, 0.25) is 0 Å². The molecule has 1 aliphatic heterocycles. The molecule has 0 radical (unpaired) electrons. The molecule has 0 aromatic carbocycles. The van der Waals surface area contributed by atoms with Crippen molar-refractivity contribution < 1.29 is 23.1 Å². The minimum atomic E-state index is -0.792. The maximum Gasteiger partial charge on any atom is 0.519 e. The van der Waals surface area contributed by atoms with E-state index in [0.29, 0.717) is 25.5 Å². The lowest BCUT2D eigenvalue weighted by atomic mass is 10.2. The zero-order valence-corrected chi connectivity index (χ0v) is 11.0. The fourth-order valence-corrected chi connectivity index (χ4v) is 1.97. The molecule has 1 fully saturated rings. The quantitative estimate of drug-likeness (QED) is 0.728. The second kappa shape index (κ2) is 6.03. The van der Waals surface area contributed by atoms with Crippen LogP contribution in [0.5, 0.6) is 0 Å². The zero-order valence-electron chi connectivity index (χ0n) is 11.0. The normalized spacial score (nSPS) is 20.4. The molecule has 0 amide bonds. The number of nitrogens with zero attached hydrogens (tertiary/aromatic N) is 1. The molecular formula is C12H17NO6. The molecule has 19 heavy (non-hydrogen) atoms. The first-order valence-electron chi connectivity index (χ1n) is 6.19. The third-order valence-electron chi connectivity index (χ3n) is 3.10. The third-order valence-corrected chi connectivity index (χ3v) is 3.10. The van der Waals surface area contributed by atoms with E-state index in [-0.39, 0.29) is 18.3 Å². The van der Waals surface area contributed by atoms with Crippen molar-refractivity contribution in [1.82, 2.24) is 4.90 Å². The lowest BCUT2D eigenvalue weighted by molar-refractivity contribution is -0.158. The molecule has 1 aromatic rings. The molecule has 2 rings (SSSR count). The monoisotopic (exact) mass is 271 g/mol. The SMILES string of the molecule is CCN1CCOCC1C(=O)OCc1oc(=O)oc1C. The highest BCUT2D eigenvalue weighted by Crippen LogP contribution is 2.11. The van der Waals surface area contributed by atoms with E-state index in [1.54, 1.807) is 6.92 Å². The molecule has 1 saturated heterocycles. The molecule has 7 nitrogen and oxygen atoms in total. The van der Waals surface area contributed by atoms with Gasteiger partial charge >= 0.3 is 11.8 Å². The van der Waals surface area contributed by atoms with Gasteiger partial charge < -0.3 is 18.3 Å². The lowest BCUT2D eigenvalue weighted by Gasteiger charge is -2.32. The molecule has 0 saturated carbocycles. The average molecular weight is 271 g/mol. The van der Waals surface area contributed by atoms with Crippen molar-refractivity contribution in [2.24, 2.45) is 0 Å². The molecular weight excluding hydrogens is 254 g/mol. The standard InChI is InChI=1S/C12H17NO6/c1-3-13-4-5-16-6-9(13)11(14)17-7-10-8(2)18-12(15)19-10/h9H,3-7H2,1-2H3. The lowest BCUT2D eigenvalue weighted by Crippen LogP contribution is -2.50. The predicted octanol–water partition coefficient (Wildman–Crippen LogP) is 0.305. The molecule has 106 valence electrons. The third kappa shape index (κ3) is 3.24. The second-order valence-electron chi connectivity index (χ2n) is 4.26. The van der Waals surface area contributed by atoms with Gasteiger partial charge in [-0.2, -0.15) is 0 Å². The van der Waals surface area contributed by atoms with Crippen LogP contribution in [-0.4, -0.2) is 43.2 Å². The summed E-state index contributed by atoms with van der Waals surface area (Å²) in [6.45, 7) is 5.85. The first-order valence-corrected chi connectivity index (χ1v) is 6.19. The summed E-state index contributed by atoms with van der Waals surface area (Å²) in [5.41, 5.74) is 0. The number of ether oxygens (including phenoxy) is 2. The van der Waals surface area contributed by atoms with Gasteiger partial charge in [-0.1, -0.05) is 6.92 Å². The number of aryl methyl sites for hydroxylation is 1. The Hall–Kier alpha value is -1.60. The summed E-state index contributed by atoms with van der Waals surface area (Å²) in [4.78, 5) is 24.8. The van der Waals surface area contributed by atoms with Crippen LogP contribution >= 0.6 is 0 Å². The van der Waals surface area contributed by atoms with E-state index in [2.05, 4.69) is 4.42 Å². The largest absolute Gasteiger partial charge is 0.519 e. The molecule has 0 spiro atoms. The van der Waals surface area contributed by atoms with Gasteiger partial charge in [0.15, 0.2) is 18.1 Å². The van der Waals surface area contributed by atoms with Crippen molar-refractivity contribution in [2.75, 3.05) is 26.3 Å². The van der Waals surface area contributed by atoms with Gasteiger partial charge in [-0.25, -0.2) is 4.79 Å². The summed E-state index contributed by atoms with van der Waals surface area (Å²) in [6.07, 6.45) is 0. The molecule has 1 aromatic heterocycles. The zero-order chi connectivity index (χ0) is 13.8. The Labute approximate surface area is 110 Å². The molecule has 0 aliphatic carbocycles. The van der Waals surface area contributed by atoms with E-state index in [1.807, 2.05) is 11.8 Å². The molecule has 0 N–H and O–H groups in total. The highest BCUT2D eigenvalue weighted by Gasteiger charge is 2.30. The predicted molar refractivity (Wildman–Crippen MR) is 63.6 cm³/mol. The van der Waals surface area contributed by atoms with E-state index in [0.717, 1.165) is 6.54 Å². The highest BCUT2D eigenvalue weighted by atomic mass is 16.6. The fraction of sp³-hybridized carbons (Fsp3) is 0.667. The maximum atomic E-state index is 12.0. The van der Waals surface area contributed by atoms with Crippen molar-refractivity contribution in [3.8, 4) is 0 Å². The number of esters is 1. The Kier molecular flexibility index (Phi) is 4.39. The summed E-state index contributed by atoms with van der Waals surface area (Å²) in [6, 6.07) is -0.405. The van der Waals surface area contributed by atoms with E-state index in [1.165, 1.54) is 0 Å². The van der Waals surface area contributed by atoms with Gasteiger partial charge in [0.05, 0.1) is 13.2 Å². The first kappa shape index (κ1) is 13.8. The van der Waals surface area contributed by atoms with Crippen LogP contribution in [0.15, 0.2) is 13.6 Å². The molecule has 1 aliphatic rings. The Balaban J connectivity index is 1.93. The average Bonchev–Trinajstić information content (AvgIpc) is 2.74. The summed E-state index contributed by atoms with van der Waals surface area (Å²) in [5, 5.41) is 0. The Bertz CT molecular complexity index is 491. The van der Waals surface area contributed by atoms with E-state index >= 15 is 0 Å². The minimum Gasteiger partial charge on any atom is -0.456 e. The van der Waals surface area contributed by atoms with E-state index in [4.69, 9.17) is 13.9 Å². The summed E-state index contributed by atoms with van der Waals surface area (Å²) in [5.74, 6) is -0.618. The number of rotatable bonds is 4. The fourth-order valence-electron chi connectivity index (χ4n) is 1.97. The molecule has 0 bridgehead atoms.